The molecule has 22 heavy (non-hydrogen) atoms. The van der Waals surface area contributed by atoms with Crippen molar-refractivity contribution in [1.29, 1.82) is 0 Å². The molecule has 124 valence electrons. The summed E-state index contributed by atoms with van der Waals surface area (Å²) in [4.78, 5) is 15.9. The summed E-state index contributed by atoms with van der Waals surface area (Å²) in [5.41, 5.74) is 0. The normalized spacial score (nSPS) is 13.1. The van der Waals surface area contributed by atoms with E-state index in [0.29, 0.717) is 19.0 Å². The van der Waals surface area contributed by atoms with Gasteiger partial charge in [-0.1, -0.05) is 13.8 Å². The summed E-state index contributed by atoms with van der Waals surface area (Å²) in [6.45, 7) is 11.5. The van der Waals surface area contributed by atoms with Gasteiger partial charge in [0.2, 0.25) is 5.91 Å². The van der Waals surface area contributed by atoms with Crippen LogP contribution in [0.2, 0.25) is 0 Å². The number of aliphatic imine (C=N–C) groups is 1. The zero-order valence-corrected chi connectivity index (χ0v) is 14.2. The van der Waals surface area contributed by atoms with Gasteiger partial charge in [-0.2, -0.15) is 0 Å². The van der Waals surface area contributed by atoms with E-state index in [0.717, 1.165) is 18.1 Å². The number of aryl methyl sites for hydroxylation is 1. The first-order valence-corrected chi connectivity index (χ1v) is 7.83. The Hall–Kier alpha value is -1.98. The molecular formula is C16H28N4O2. The van der Waals surface area contributed by atoms with Gasteiger partial charge in [-0.05, 0) is 32.9 Å². The van der Waals surface area contributed by atoms with Crippen molar-refractivity contribution in [2.24, 2.45) is 10.9 Å². The SMILES string of the molecule is CCNC(=NCCNC(=O)C(C)C)NC(C)c1ccc(C)o1. The second kappa shape index (κ2) is 9.12. The second-order valence-corrected chi connectivity index (χ2v) is 5.52. The van der Waals surface area contributed by atoms with Crippen molar-refractivity contribution in [3.8, 4) is 0 Å². The monoisotopic (exact) mass is 308 g/mol. The first-order valence-electron chi connectivity index (χ1n) is 7.83. The number of furan rings is 1. The van der Waals surface area contributed by atoms with E-state index in [2.05, 4.69) is 20.9 Å². The van der Waals surface area contributed by atoms with Crippen molar-refractivity contribution in [2.75, 3.05) is 19.6 Å². The zero-order chi connectivity index (χ0) is 16.5. The van der Waals surface area contributed by atoms with E-state index < -0.39 is 0 Å². The molecule has 0 fully saturated rings. The Kier molecular flexibility index (Phi) is 7.49. The Morgan fingerprint density at radius 2 is 2.00 bits per heavy atom. The number of carbonyl (C=O) groups excluding carboxylic acids is 1. The third kappa shape index (κ3) is 6.20. The number of guanidine groups is 1. The summed E-state index contributed by atoms with van der Waals surface area (Å²) in [5.74, 6) is 2.52. The van der Waals surface area contributed by atoms with Crippen molar-refractivity contribution >= 4 is 11.9 Å². The molecule has 0 saturated heterocycles. The van der Waals surface area contributed by atoms with E-state index in [1.807, 2.05) is 46.8 Å². The van der Waals surface area contributed by atoms with Crippen LogP contribution in [-0.4, -0.2) is 31.5 Å². The minimum Gasteiger partial charge on any atom is -0.464 e. The molecule has 0 aliphatic heterocycles. The molecule has 1 heterocycles. The molecule has 0 aliphatic rings. The van der Waals surface area contributed by atoms with Crippen LogP contribution < -0.4 is 16.0 Å². The average Bonchev–Trinajstić information content (AvgIpc) is 2.90. The van der Waals surface area contributed by atoms with Crippen molar-refractivity contribution in [3.63, 3.8) is 0 Å². The molecule has 1 unspecified atom stereocenters. The predicted octanol–water partition coefficient (Wildman–Crippen LogP) is 1.98. The van der Waals surface area contributed by atoms with Crippen molar-refractivity contribution in [1.82, 2.24) is 16.0 Å². The van der Waals surface area contributed by atoms with Crippen LogP contribution in [0.1, 0.15) is 45.3 Å². The standard InChI is InChI=1S/C16H28N4O2/c1-6-17-16(19-10-9-18-15(21)11(2)3)20-13(5)14-8-7-12(4)22-14/h7-8,11,13H,6,9-10H2,1-5H3,(H,18,21)(H2,17,19,20). The highest BCUT2D eigenvalue weighted by Crippen LogP contribution is 2.15. The van der Waals surface area contributed by atoms with Gasteiger partial charge in [0.25, 0.3) is 0 Å². The Bertz CT molecular complexity index is 494. The number of hydrogen-bond acceptors (Lipinski definition) is 3. The number of nitrogens with one attached hydrogen (secondary N) is 3. The molecule has 0 spiro atoms. The lowest BCUT2D eigenvalue weighted by molar-refractivity contribution is -0.123. The van der Waals surface area contributed by atoms with Crippen LogP contribution in [0.5, 0.6) is 0 Å². The minimum atomic E-state index is -0.00226. The smallest absolute Gasteiger partial charge is 0.222 e. The van der Waals surface area contributed by atoms with Crippen LogP contribution in [0.3, 0.4) is 0 Å². The lowest BCUT2D eigenvalue weighted by Gasteiger charge is -2.16. The summed E-state index contributed by atoms with van der Waals surface area (Å²) < 4.78 is 5.61. The van der Waals surface area contributed by atoms with Gasteiger partial charge >= 0.3 is 0 Å². The number of rotatable bonds is 7. The molecule has 1 aromatic rings. The Balaban J connectivity index is 2.49. The molecule has 1 atom stereocenters. The fraction of sp³-hybridized carbons (Fsp3) is 0.625. The van der Waals surface area contributed by atoms with E-state index in [9.17, 15) is 4.79 Å². The zero-order valence-electron chi connectivity index (χ0n) is 14.2. The number of hydrogen-bond donors (Lipinski definition) is 3. The summed E-state index contributed by atoms with van der Waals surface area (Å²) in [6, 6.07) is 3.93. The first-order chi connectivity index (χ1) is 10.4. The molecule has 0 radical (unpaired) electrons. The highest BCUT2D eigenvalue weighted by Gasteiger charge is 2.11. The fourth-order valence-electron chi connectivity index (χ4n) is 1.83. The van der Waals surface area contributed by atoms with Crippen LogP contribution in [0, 0.1) is 12.8 Å². The first kappa shape index (κ1) is 18.1. The minimum absolute atomic E-state index is 0.00226. The van der Waals surface area contributed by atoms with Gasteiger partial charge in [-0.15, -0.1) is 0 Å². The maximum atomic E-state index is 11.5. The maximum absolute atomic E-state index is 11.5. The van der Waals surface area contributed by atoms with Gasteiger partial charge in [0.1, 0.15) is 11.5 Å². The topological polar surface area (TPSA) is 78.7 Å². The molecule has 1 rings (SSSR count). The Morgan fingerprint density at radius 3 is 2.55 bits per heavy atom. The van der Waals surface area contributed by atoms with E-state index in [1.165, 1.54) is 0 Å². The van der Waals surface area contributed by atoms with E-state index >= 15 is 0 Å². The predicted molar refractivity (Wildman–Crippen MR) is 88.8 cm³/mol. The highest BCUT2D eigenvalue weighted by atomic mass is 16.3. The van der Waals surface area contributed by atoms with Gasteiger partial charge in [0.05, 0.1) is 12.6 Å². The van der Waals surface area contributed by atoms with E-state index in [4.69, 9.17) is 4.42 Å². The lowest BCUT2D eigenvalue weighted by atomic mass is 10.2. The maximum Gasteiger partial charge on any atom is 0.222 e. The molecule has 0 aromatic carbocycles. The number of carbonyl (C=O) groups is 1. The second-order valence-electron chi connectivity index (χ2n) is 5.52. The quantitative estimate of drug-likeness (QED) is 0.409. The summed E-state index contributed by atoms with van der Waals surface area (Å²) in [6.07, 6.45) is 0. The third-order valence-electron chi connectivity index (χ3n) is 3.09. The molecule has 6 nitrogen and oxygen atoms in total. The molecule has 0 bridgehead atoms. The summed E-state index contributed by atoms with van der Waals surface area (Å²) in [5, 5.41) is 9.32. The molecular weight excluding hydrogens is 280 g/mol. The third-order valence-corrected chi connectivity index (χ3v) is 3.09. The molecule has 0 aliphatic carbocycles. The molecule has 3 N–H and O–H groups in total. The Labute approximate surface area is 132 Å². The number of nitrogens with zero attached hydrogens (tertiary/aromatic N) is 1. The van der Waals surface area contributed by atoms with Crippen LogP contribution >= 0.6 is 0 Å². The molecule has 1 aromatic heterocycles. The van der Waals surface area contributed by atoms with Crippen LogP contribution in [0.4, 0.5) is 0 Å². The van der Waals surface area contributed by atoms with E-state index in [1.54, 1.807) is 0 Å². The lowest BCUT2D eigenvalue weighted by Crippen LogP contribution is -2.39. The highest BCUT2D eigenvalue weighted by molar-refractivity contribution is 5.80. The molecule has 0 saturated carbocycles. The average molecular weight is 308 g/mol. The Morgan fingerprint density at radius 1 is 1.27 bits per heavy atom. The van der Waals surface area contributed by atoms with Gasteiger partial charge < -0.3 is 20.4 Å². The largest absolute Gasteiger partial charge is 0.464 e. The summed E-state index contributed by atoms with van der Waals surface area (Å²) >= 11 is 0. The molecule has 1 amide bonds. The van der Waals surface area contributed by atoms with Gasteiger partial charge in [0, 0.05) is 19.0 Å². The van der Waals surface area contributed by atoms with Crippen molar-refractivity contribution < 1.29 is 9.21 Å². The van der Waals surface area contributed by atoms with Gasteiger partial charge in [0.15, 0.2) is 5.96 Å². The van der Waals surface area contributed by atoms with Crippen LogP contribution in [0.25, 0.3) is 0 Å². The van der Waals surface area contributed by atoms with Crippen LogP contribution in [0.15, 0.2) is 21.5 Å². The summed E-state index contributed by atoms with van der Waals surface area (Å²) in [7, 11) is 0. The van der Waals surface area contributed by atoms with E-state index in [-0.39, 0.29) is 17.9 Å². The molecule has 6 heteroatoms. The van der Waals surface area contributed by atoms with Crippen molar-refractivity contribution in [3.05, 3.63) is 23.7 Å². The van der Waals surface area contributed by atoms with Crippen molar-refractivity contribution in [2.45, 2.75) is 40.7 Å². The van der Waals surface area contributed by atoms with Gasteiger partial charge in [-0.3, -0.25) is 9.79 Å². The fourth-order valence-corrected chi connectivity index (χ4v) is 1.83. The van der Waals surface area contributed by atoms with Crippen LogP contribution in [-0.2, 0) is 4.79 Å². The number of amides is 1. The van der Waals surface area contributed by atoms with Gasteiger partial charge in [-0.25, -0.2) is 0 Å².